The summed E-state index contributed by atoms with van der Waals surface area (Å²) < 4.78 is 8.18. The molecular weight excluding hydrogens is 336 g/mol. The first-order valence-electron chi connectivity index (χ1n) is 7.71. The van der Waals surface area contributed by atoms with Gasteiger partial charge in [0.2, 0.25) is 0 Å². The van der Waals surface area contributed by atoms with Gasteiger partial charge in [0, 0.05) is 0 Å². The molecule has 7 heteroatoms. The maximum absolute atomic E-state index is 12.2. The lowest BCUT2D eigenvalue weighted by atomic mass is 10.1. The third-order valence-corrected chi connectivity index (χ3v) is 4.68. The molecule has 2 heterocycles. The zero-order valence-electron chi connectivity index (χ0n) is 13.2. The minimum absolute atomic E-state index is 0.179. The van der Waals surface area contributed by atoms with Crippen LogP contribution in [0.4, 0.5) is 0 Å². The van der Waals surface area contributed by atoms with E-state index < -0.39 is 0 Å². The molecule has 0 unspecified atom stereocenters. The van der Waals surface area contributed by atoms with Crippen LogP contribution in [0.5, 0.6) is 0 Å². The van der Waals surface area contributed by atoms with Gasteiger partial charge in [0.15, 0.2) is 0 Å². The molecule has 2 aromatic heterocycles. The number of benzene rings is 2. The number of hydrogen-bond acceptors (Lipinski definition) is 6. The molecule has 0 N–H and O–H groups in total. The van der Waals surface area contributed by atoms with Gasteiger partial charge in [0.05, 0.1) is 22.3 Å². The molecule has 4 aromatic rings. The van der Waals surface area contributed by atoms with Crippen molar-refractivity contribution in [2.24, 2.45) is 0 Å². The molecule has 0 bridgehead atoms. The standard InChI is InChI=1S/C18H14N4O2S/c23-18(24-10-17-21-15-3-1-2-4-16(15)25-17)14-7-5-13(6-8-14)9-22-12-19-11-20-22/h1-8,11-12H,9-10H2. The Hall–Kier alpha value is -3.06. The molecule has 0 spiro atoms. The Bertz CT molecular complexity index is 961. The van der Waals surface area contributed by atoms with Crippen LogP contribution in [-0.2, 0) is 17.9 Å². The molecule has 0 aliphatic heterocycles. The molecule has 124 valence electrons. The van der Waals surface area contributed by atoms with Crippen molar-refractivity contribution < 1.29 is 9.53 Å². The van der Waals surface area contributed by atoms with E-state index in [0.29, 0.717) is 12.1 Å². The van der Waals surface area contributed by atoms with Crippen molar-refractivity contribution in [2.75, 3.05) is 0 Å². The minimum Gasteiger partial charge on any atom is -0.455 e. The summed E-state index contributed by atoms with van der Waals surface area (Å²) in [5, 5.41) is 4.85. The lowest BCUT2D eigenvalue weighted by molar-refractivity contribution is 0.0472. The van der Waals surface area contributed by atoms with Gasteiger partial charge in [-0.3, -0.25) is 0 Å². The van der Waals surface area contributed by atoms with E-state index in [1.165, 1.54) is 17.7 Å². The van der Waals surface area contributed by atoms with Crippen molar-refractivity contribution in [1.29, 1.82) is 0 Å². The fourth-order valence-electron chi connectivity index (χ4n) is 2.44. The molecule has 0 saturated carbocycles. The van der Waals surface area contributed by atoms with E-state index in [-0.39, 0.29) is 12.6 Å². The van der Waals surface area contributed by atoms with Gasteiger partial charge in [0.25, 0.3) is 0 Å². The van der Waals surface area contributed by atoms with Crippen LogP contribution in [0.25, 0.3) is 10.2 Å². The van der Waals surface area contributed by atoms with Crippen LogP contribution < -0.4 is 0 Å². The predicted octanol–water partition coefficient (Wildman–Crippen LogP) is 3.29. The first-order chi connectivity index (χ1) is 12.3. The van der Waals surface area contributed by atoms with Gasteiger partial charge in [-0.1, -0.05) is 24.3 Å². The topological polar surface area (TPSA) is 69.9 Å². The van der Waals surface area contributed by atoms with Gasteiger partial charge in [0.1, 0.15) is 24.3 Å². The summed E-state index contributed by atoms with van der Waals surface area (Å²) in [6, 6.07) is 15.2. The third-order valence-electron chi connectivity index (χ3n) is 3.67. The Balaban J connectivity index is 1.38. The lowest BCUT2D eigenvalue weighted by Gasteiger charge is -2.05. The highest BCUT2D eigenvalue weighted by Crippen LogP contribution is 2.22. The fourth-order valence-corrected chi connectivity index (χ4v) is 3.32. The highest BCUT2D eigenvalue weighted by molar-refractivity contribution is 7.18. The van der Waals surface area contributed by atoms with E-state index in [4.69, 9.17) is 4.74 Å². The van der Waals surface area contributed by atoms with Crippen LogP contribution in [0, 0.1) is 0 Å². The number of rotatable bonds is 5. The van der Waals surface area contributed by atoms with Crippen molar-refractivity contribution >= 4 is 27.5 Å². The molecular formula is C18H14N4O2S. The number of carbonyl (C=O) groups is 1. The van der Waals surface area contributed by atoms with Crippen LogP contribution >= 0.6 is 11.3 Å². The first-order valence-corrected chi connectivity index (χ1v) is 8.52. The molecule has 2 aromatic carbocycles. The number of thiazole rings is 1. The summed E-state index contributed by atoms with van der Waals surface area (Å²) in [7, 11) is 0. The van der Waals surface area contributed by atoms with Crippen LogP contribution in [0.2, 0.25) is 0 Å². The zero-order chi connectivity index (χ0) is 17.1. The van der Waals surface area contributed by atoms with E-state index >= 15 is 0 Å². The van der Waals surface area contributed by atoms with Crippen molar-refractivity contribution in [3.63, 3.8) is 0 Å². The maximum atomic E-state index is 12.2. The molecule has 0 atom stereocenters. The summed E-state index contributed by atoms with van der Waals surface area (Å²) in [4.78, 5) is 20.6. The monoisotopic (exact) mass is 350 g/mol. The number of hydrogen-bond donors (Lipinski definition) is 0. The average molecular weight is 350 g/mol. The van der Waals surface area contributed by atoms with Crippen LogP contribution in [0.3, 0.4) is 0 Å². The molecule has 0 fully saturated rings. The third kappa shape index (κ3) is 3.56. The average Bonchev–Trinajstić information content (AvgIpc) is 3.29. The summed E-state index contributed by atoms with van der Waals surface area (Å²) in [5.41, 5.74) is 2.48. The SMILES string of the molecule is O=C(OCc1nc2ccccc2s1)c1ccc(Cn2cncn2)cc1. The molecule has 0 aliphatic rings. The van der Waals surface area contributed by atoms with E-state index in [9.17, 15) is 4.79 Å². The Kier molecular flexibility index (Phi) is 4.22. The second kappa shape index (κ2) is 6.82. The molecule has 6 nitrogen and oxygen atoms in total. The van der Waals surface area contributed by atoms with Gasteiger partial charge in [-0.05, 0) is 29.8 Å². The smallest absolute Gasteiger partial charge is 0.338 e. The minimum atomic E-state index is -0.355. The largest absolute Gasteiger partial charge is 0.455 e. The van der Waals surface area contributed by atoms with Crippen molar-refractivity contribution in [3.05, 3.63) is 77.3 Å². The van der Waals surface area contributed by atoms with Crippen molar-refractivity contribution in [3.8, 4) is 0 Å². The highest BCUT2D eigenvalue weighted by Gasteiger charge is 2.10. The Morgan fingerprint density at radius 3 is 2.72 bits per heavy atom. The van der Waals surface area contributed by atoms with Gasteiger partial charge in [-0.2, -0.15) is 5.10 Å². The van der Waals surface area contributed by atoms with Crippen LogP contribution in [-0.4, -0.2) is 25.7 Å². The summed E-state index contributed by atoms with van der Waals surface area (Å²) >= 11 is 1.54. The number of ether oxygens (including phenoxy) is 1. The number of nitrogens with zero attached hydrogens (tertiary/aromatic N) is 4. The molecule has 0 radical (unpaired) electrons. The van der Waals surface area contributed by atoms with Crippen LogP contribution in [0.1, 0.15) is 20.9 Å². The van der Waals surface area contributed by atoms with Crippen molar-refractivity contribution in [2.45, 2.75) is 13.2 Å². The Labute approximate surface area is 147 Å². The van der Waals surface area contributed by atoms with Crippen LogP contribution in [0.15, 0.2) is 61.2 Å². The molecule has 4 rings (SSSR count). The fraction of sp³-hybridized carbons (Fsp3) is 0.111. The highest BCUT2D eigenvalue weighted by atomic mass is 32.1. The quantitative estimate of drug-likeness (QED) is 0.517. The first kappa shape index (κ1) is 15.5. The van der Waals surface area contributed by atoms with E-state index in [0.717, 1.165) is 20.8 Å². The number of esters is 1. The summed E-state index contributed by atoms with van der Waals surface area (Å²) in [6.07, 6.45) is 3.15. The molecule has 0 amide bonds. The van der Waals surface area contributed by atoms with E-state index in [1.807, 2.05) is 36.4 Å². The molecule has 0 aliphatic carbocycles. The van der Waals surface area contributed by atoms with E-state index in [1.54, 1.807) is 23.1 Å². The number of para-hydroxylation sites is 1. The Morgan fingerprint density at radius 2 is 1.96 bits per heavy atom. The summed E-state index contributed by atoms with van der Waals surface area (Å²) in [6.45, 7) is 0.792. The second-order valence-corrected chi connectivity index (χ2v) is 6.56. The molecule has 25 heavy (non-hydrogen) atoms. The Morgan fingerprint density at radius 1 is 1.12 bits per heavy atom. The zero-order valence-corrected chi connectivity index (χ0v) is 14.0. The molecule has 0 saturated heterocycles. The normalized spacial score (nSPS) is 10.9. The van der Waals surface area contributed by atoms with Gasteiger partial charge < -0.3 is 4.74 Å². The number of fused-ring (bicyclic) bond motifs is 1. The van der Waals surface area contributed by atoms with Gasteiger partial charge in [-0.15, -0.1) is 11.3 Å². The van der Waals surface area contributed by atoms with E-state index in [2.05, 4.69) is 15.1 Å². The van der Waals surface area contributed by atoms with Crippen molar-refractivity contribution in [1.82, 2.24) is 19.7 Å². The number of aromatic nitrogens is 4. The maximum Gasteiger partial charge on any atom is 0.338 e. The lowest BCUT2D eigenvalue weighted by Crippen LogP contribution is -2.06. The predicted molar refractivity (Wildman–Crippen MR) is 94.3 cm³/mol. The second-order valence-electron chi connectivity index (χ2n) is 5.44. The summed E-state index contributed by atoms with van der Waals surface area (Å²) in [5.74, 6) is -0.355. The number of carbonyl (C=O) groups excluding carboxylic acids is 1. The van der Waals surface area contributed by atoms with Gasteiger partial charge >= 0.3 is 5.97 Å². The van der Waals surface area contributed by atoms with Gasteiger partial charge in [-0.25, -0.2) is 19.4 Å².